The molecule has 4 aromatic rings. The molecule has 2 amide bonds. The van der Waals surface area contributed by atoms with Crippen LogP contribution >= 0.6 is 0 Å². The van der Waals surface area contributed by atoms with Gasteiger partial charge in [-0.25, -0.2) is 14.6 Å². The fourth-order valence-corrected chi connectivity index (χ4v) is 7.46. The maximum absolute atomic E-state index is 14.6. The summed E-state index contributed by atoms with van der Waals surface area (Å²) in [5.41, 5.74) is 9.13. The lowest BCUT2D eigenvalue weighted by Gasteiger charge is -2.35. The number of alkyl halides is 1. The van der Waals surface area contributed by atoms with Crippen molar-refractivity contribution in [1.29, 1.82) is 0 Å². The van der Waals surface area contributed by atoms with Crippen molar-refractivity contribution in [2.75, 3.05) is 27.4 Å². The number of halogens is 1. The number of pyridine rings is 1. The number of methoxy groups -OCH3 is 2. The summed E-state index contributed by atoms with van der Waals surface area (Å²) in [6, 6.07) is 13.7. The monoisotopic (exact) mass is 787 g/mol. The number of esters is 1. The standard InChI is InChI=1S/C44H58FN5O7/c1-10-49-37-16-15-30(23-33(37)34(24-44(6,7)26-51)39(49)32-13-11-17-46-38(32)27(2)55-8)31-20-28(19-29(21-31)25-45)22-36(47-42(54)57-43(3,4)5)40(52)50-18-12-14-35(48-50)41(53)56-9/h11,13,15-17,19-21,23,27,35-36,48,51H,10,12,14,18,22,24-26H2,1-9H3,(H,47,54)/t27?,35-,36?/m0/s1. The number of ether oxygens (including phenoxy) is 3. The highest BCUT2D eigenvalue weighted by Gasteiger charge is 2.34. The highest BCUT2D eigenvalue weighted by Crippen LogP contribution is 2.41. The van der Waals surface area contributed by atoms with Crippen molar-refractivity contribution < 1.29 is 38.1 Å². The number of aryl methyl sites for hydroxylation is 1. The third-order valence-corrected chi connectivity index (χ3v) is 10.3. The van der Waals surface area contributed by atoms with Crippen LogP contribution in [0.25, 0.3) is 33.3 Å². The number of hydrogen-bond donors (Lipinski definition) is 3. The van der Waals surface area contributed by atoms with E-state index in [2.05, 4.69) is 40.4 Å². The molecular formula is C44H58FN5O7. The number of nitrogens with zero attached hydrogens (tertiary/aromatic N) is 3. The third-order valence-electron chi connectivity index (χ3n) is 10.3. The molecule has 1 fully saturated rings. The maximum atomic E-state index is 14.6. The van der Waals surface area contributed by atoms with E-state index >= 15 is 0 Å². The predicted octanol–water partition coefficient (Wildman–Crippen LogP) is 7.23. The van der Waals surface area contributed by atoms with Crippen LogP contribution in [0.4, 0.5) is 9.18 Å². The molecule has 57 heavy (non-hydrogen) atoms. The van der Waals surface area contributed by atoms with Crippen LogP contribution in [0.1, 0.15) is 89.8 Å². The molecule has 1 saturated heterocycles. The van der Waals surface area contributed by atoms with Gasteiger partial charge in [0.05, 0.1) is 24.6 Å². The van der Waals surface area contributed by atoms with Gasteiger partial charge in [0.25, 0.3) is 5.91 Å². The van der Waals surface area contributed by atoms with Crippen molar-refractivity contribution in [1.82, 2.24) is 25.3 Å². The molecule has 2 aromatic heterocycles. The number of carbonyl (C=O) groups is 3. The first-order chi connectivity index (χ1) is 27.0. The summed E-state index contributed by atoms with van der Waals surface area (Å²) >= 11 is 0. The lowest BCUT2D eigenvalue weighted by atomic mass is 9.84. The van der Waals surface area contributed by atoms with E-state index in [1.165, 1.54) is 12.1 Å². The lowest BCUT2D eigenvalue weighted by Crippen LogP contribution is -2.60. The molecule has 13 heteroatoms. The normalized spacial score (nSPS) is 16.0. The minimum Gasteiger partial charge on any atom is -0.468 e. The van der Waals surface area contributed by atoms with Crippen molar-refractivity contribution in [2.24, 2.45) is 5.41 Å². The summed E-state index contributed by atoms with van der Waals surface area (Å²) in [5.74, 6) is -0.957. The fourth-order valence-electron chi connectivity index (χ4n) is 7.46. The number of rotatable bonds is 14. The van der Waals surface area contributed by atoms with E-state index in [9.17, 15) is 23.9 Å². The van der Waals surface area contributed by atoms with Gasteiger partial charge in [-0.15, -0.1) is 0 Å². The molecule has 308 valence electrons. The molecular weight excluding hydrogens is 730 g/mol. The summed E-state index contributed by atoms with van der Waals surface area (Å²) in [6.07, 6.45) is 2.36. The highest BCUT2D eigenvalue weighted by atomic mass is 19.1. The molecule has 12 nitrogen and oxygen atoms in total. The molecule has 3 N–H and O–H groups in total. The van der Waals surface area contributed by atoms with Crippen molar-refractivity contribution >= 4 is 28.9 Å². The zero-order chi connectivity index (χ0) is 41.7. The van der Waals surface area contributed by atoms with Crippen LogP contribution < -0.4 is 10.7 Å². The number of aromatic nitrogens is 2. The van der Waals surface area contributed by atoms with Gasteiger partial charge in [0.15, 0.2) is 0 Å². The number of hydrazine groups is 1. The fraction of sp³-hybridized carbons (Fsp3) is 0.500. The molecule has 2 unspecified atom stereocenters. The molecule has 3 heterocycles. The predicted molar refractivity (Wildman–Crippen MR) is 218 cm³/mol. The zero-order valence-electron chi connectivity index (χ0n) is 34.7. The van der Waals surface area contributed by atoms with Gasteiger partial charge in [-0.05, 0) is 117 Å². The van der Waals surface area contributed by atoms with Gasteiger partial charge >= 0.3 is 12.1 Å². The summed E-state index contributed by atoms with van der Waals surface area (Å²) in [7, 11) is 2.96. The van der Waals surface area contributed by atoms with Crippen LogP contribution in [-0.2, 0) is 49.9 Å². The Morgan fingerprint density at radius 2 is 1.79 bits per heavy atom. The van der Waals surface area contributed by atoms with E-state index in [1.807, 2.05) is 39.0 Å². The molecule has 0 radical (unpaired) electrons. The molecule has 0 spiro atoms. The molecule has 1 aliphatic rings. The van der Waals surface area contributed by atoms with Crippen LogP contribution in [-0.4, -0.2) is 82.7 Å². The van der Waals surface area contributed by atoms with E-state index in [0.717, 1.165) is 44.5 Å². The molecule has 3 atom stereocenters. The van der Waals surface area contributed by atoms with Crippen molar-refractivity contribution in [3.8, 4) is 22.4 Å². The SMILES string of the molecule is CCn1c(-c2cccnc2C(C)OC)c(CC(C)(C)CO)c2cc(-c3cc(CF)cc(CC(NC(=O)OC(C)(C)C)C(=O)N4CCC[C@@H](C(=O)OC)N4)c3)ccc21. The number of amides is 2. The number of hydrogen-bond acceptors (Lipinski definition) is 9. The Kier molecular flexibility index (Phi) is 13.8. The minimum absolute atomic E-state index is 0.0191. The molecule has 1 aliphatic heterocycles. The van der Waals surface area contributed by atoms with Gasteiger partial charge in [-0.3, -0.25) is 19.6 Å². The second-order valence-electron chi connectivity index (χ2n) is 16.5. The van der Waals surface area contributed by atoms with E-state index in [0.29, 0.717) is 43.5 Å². The van der Waals surface area contributed by atoms with Crippen molar-refractivity contribution in [3.63, 3.8) is 0 Å². The number of carbonyl (C=O) groups excluding carboxylic acids is 3. The number of aliphatic hydroxyl groups excluding tert-OH is 1. The van der Waals surface area contributed by atoms with E-state index in [-0.39, 0.29) is 19.1 Å². The second-order valence-corrected chi connectivity index (χ2v) is 16.5. The van der Waals surface area contributed by atoms with E-state index in [1.54, 1.807) is 46.2 Å². The van der Waals surface area contributed by atoms with Crippen LogP contribution in [0.5, 0.6) is 0 Å². The van der Waals surface area contributed by atoms with Crippen LogP contribution in [0.15, 0.2) is 54.7 Å². The summed E-state index contributed by atoms with van der Waals surface area (Å²) in [5, 5.41) is 15.5. The zero-order valence-corrected chi connectivity index (χ0v) is 34.7. The van der Waals surface area contributed by atoms with Gasteiger partial charge in [0.1, 0.15) is 24.4 Å². The van der Waals surface area contributed by atoms with Crippen molar-refractivity contribution in [2.45, 2.75) is 111 Å². The number of alkyl carbamates (subject to hydrolysis) is 1. The van der Waals surface area contributed by atoms with E-state index < -0.39 is 47.7 Å². The summed E-state index contributed by atoms with van der Waals surface area (Å²) in [4.78, 5) is 44.3. The van der Waals surface area contributed by atoms with Gasteiger partial charge in [0, 0.05) is 55.9 Å². The first-order valence-corrected chi connectivity index (χ1v) is 19.6. The first kappa shape index (κ1) is 43.3. The summed E-state index contributed by atoms with van der Waals surface area (Å²) < 4.78 is 33.1. The van der Waals surface area contributed by atoms with Crippen LogP contribution in [0, 0.1) is 5.41 Å². The Balaban J connectivity index is 1.61. The minimum atomic E-state index is -1.11. The van der Waals surface area contributed by atoms with Gasteiger partial charge in [-0.2, -0.15) is 0 Å². The van der Waals surface area contributed by atoms with Crippen molar-refractivity contribution in [3.05, 3.63) is 77.1 Å². The Morgan fingerprint density at radius 1 is 1.05 bits per heavy atom. The first-order valence-electron chi connectivity index (χ1n) is 19.6. The average molecular weight is 788 g/mol. The number of benzene rings is 2. The van der Waals surface area contributed by atoms with Crippen LogP contribution in [0.2, 0.25) is 0 Å². The molecule has 0 aliphatic carbocycles. The molecule has 0 bridgehead atoms. The maximum Gasteiger partial charge on any atom is 0.408 e. The topological polar surface area (TPSA) is 144 Å². The van der Waals surface area contributed by atoms with Gasteiger partial charge in [0.2, 0.25) is 0 Å². The second kappa shape index (κ2) is 18.2. The average Bonchev–Trinajstić information content (AvgIpc) is 3.50. The Bertz CT molecular complexity index is 2070. The lowest BCUT2D eigenvalue weighted by molar-refractivity contribution is -0.150. The number of fused-ring (bicyclic) bond motifs is 1. The molecule has 0 saturated carbocycles. The number of aliphatic hydroxyl groups is 1. The Hall–Kier alpha value is -4.85. The molecule has 2 aromatic carbocycles. The Labute approximate surface area is 335 Å². The molecule has 5 rings (SSSR count). The quantitative estimate of drug-likeness (QED) is 0.113. The highest BCUT2D eigenvalue weighted by molar-refractivity contribution is 5.95. The smallest absolute Gasteiger partial charge is 0.408 e. The van der Waals surface area contributed by atoms with Gasteiger partial charge < -0.3 is 29.2 Å². The summed E-state index contributed by atoms with van der Waals surface area (Å²) in [6.45, 7) is 13.6. The van der Waals surface area contributed by atoms with Crippen LogP contribution in [0.3, 0.4) is 0 Å². The van der Waals surface area contributed by atoms with Gasteiger partial charge in [-0.1, -0.05) is 32.0 Å². The number of nitrogens with one attached hydrogen (secondary N) is 2. The third kappa shape index (κ3) is 10.2. The largest absolute Gasteiger partial charge is 0.468 e. The Morgan fingerprint density at radius 3 is 2.44 bits per heavy atom. The van der Waals surface area contributed by atoms with E-state index in [4.69, 9.17) is 19.2 Å².